The highest BCUT2D eigenvalue weighted by atomic mass is 79.9. The van der Waals surface area contributed by atoms with Gasteiger partial charge in [0.25, 0.3) is 5.56 Å². The number of anilines is 1. The van der Waals surface area contributed by atoms with Crippen molar-refractivity contribution in [1.82, 2.24) is 14.5 Å². The van der Waals surface area contributed by atoms with Gasteiger partial charge < -0.3 is 5.32 Å². The van der Waals surface area contributed by atoms with E-state index in [4.69, 9.17) is 0 Å². The molecule has 5 nitrogen and oxygen atoms in total. The van der Waals surface area contributed by atoms with Crippen molar-refractivity contribution in [2.45, 2.75) is 26.8 Å². The SMILES string of the molecule is CCCNc1ncccc1Cn1cnc(C)c(Br)c1=O. The van der Waals surface area contributed by atoms with Crippen molar-refractivity contribution in [1.29, 1.82) is 0 Å². The average Bonchev–Trinajstić information content (AvgIpc) is 2.47. The van der Waals surface area contributed by atoms with E-state index in [2.05, 4.69) is 38.1 Å². The highest BCUT2D eigenvalue weighted by Gasteiger charge is 2.08. The summed E-state index contributed by atoms with van der Waals surface area (Å²) in [6.07, 6.45) is 4.33. The molecule has 0 aliphatic rings. The first-order valence-electron chi connectivity index (χ1n) is 6.52. The molecule has 0 radical (unpaired) electrons. The summed E-state index contributed by atoms with van der Waals surface area (Å²) in [6, 6.07) is 3.83. The Labute approximate surface area is 126 Å². The molecule has 20 heavy (non-hydrogen) atoms. The van der Waals surface area contributed by atoms with Gasteiger partial charge in [-0.3, -0.25) is 9.36 Å². The van der Waals surface area contributed by atoms with Crippen LogP contribution in [0.4, 0.5) is 5.82 Å². The van der Waals surface area contributed by atoms with Gasteiger partial charge in [0, 0.05) is 18.3 Å². The fraction of sp³-hybridized carbons (Fsp3) is 0.357. The van der Waals surface area contributed by atoms with Crippen molar-refractivity contribution in [3.8, 4) is 0 Å². The van der Waals surface area contributed by atoms with Crippen LogP contribution in [-0.2, 0) is 6.54 Å². The van der Waals surface area contributed by atoms with E-state index >= 15 is 0 Å². The minimum absolute atomic E-state index is 0.0807. The zero-order valence-electron chi connectivity index (χ0n) is 11.6. The second-order valence-electron chi connectivity index (χ2n) is 4.51. The van der Waals surface area contributed by atoms with Crippen molar-refractivity contribution >= 4 is 21.7 Å². The molecule has 0 aliphatic carbocycles. The Bertz CT molecular complexity index is 654. The van der Waals surface area contributed by atoms with Crippen LogP contribution in [0.15, 0.2) is 33.9 Å². The molecule has 0 saturated heterocycles. The Morgan fingerprint density at radius 1 is 1.40 bits per heavy atom. The molecule has 1 N–H and O–H groups in total. The van der Waals surface area contributed by atoms with Gasteiger partial charge in [0.1, 0.15) is 10.3 Å². The second-order valence-corrected chi connectivity index (χ2v) is 5.31. The molecule has 0 fully saturated rings. The van der Waals surface area contributed by atoms with Crippen molar-refractivity contribution in [3.63, 3.8) is 0 Å². The van der Waals surface area contributed by atoms with Gasteiger partial charge in [-0.05, 0) is 35.3 Å². The maximum atomic E-state index is 12.2. The monoisotopic (exact) mass is 336 g/mol. The van der Waals surface area contributed by atoms with E-state index < -0.39 is 0 Å². The molecule has 2 rings (SSSR count). The van der Waals surface area contributed by atoms with E-state index in [1.54, 1.807) is 24.0 Å². The second kappa shape index (κ2) is 6.65. The number of halogens is 1. The Kier molecular flexibility index (Phi) is 4.89. The van der Waals surface area contributed by atoms with Gasteiger partial charge in [0.2, 0.25) is 0 Å². The lowest BCUT2D eigenvalue weighted by molar-refractivity contribution is 0.722. The molecule has 0 atom stereocenters. The van der Waals surface area contributed by atoms with E-state index in [1.165, 1.54) is 0 Å². The molecule has 0 aliphatic heterocycles. The number of aryl methyl sites for hydroxylation is 1. The Balaban J connectivity index is 2.31. The van der Waals surface area contributed by atoms with E-state index in [9.17, 15) is 4.79 Å². The Morgan fingerprint density at radius 2 is 2.20 bits per heavy atom. The number of hydrogen-bond acceptors (Lipinski definition) is 4. The van der Waals surface area contributed by atoms with Crippen LogP contribution in [0.2, 0.25) is 0 Å². The number of aromatic nitrogens is 3. The van der Waals surface area contributed by atoms with E-state index in [1.807, 2.05) is 12.1 Å². The molecular weight excluding hydrogens is 320 g/mol. The fourth-order valence-corrected chi connectivity index (χ4v) is 2.14. The lowest BCUT2D eigenvalue weighted by Crippen LogP contribution is -2.23. The molecule has 0 aromatic carbocycles. The topological polar surface area (TPSA) is 59.8 Å². The van der Waals surface area contributed by atoms with Crippen LogP contribution >= 0.6 is 15.9 Å². The summed E-state index contributed by atoms with van der Waals surface area (Å²) in [7, 11) is 0. The maximum absolute atomic E-state index is 12.2. The number of nitrogens with zero attached hydrogens (tertiary/aromatic N) is 3. The van der Waals surface area contributed by atoms with Crippen molar-refractivity contribution in [2.75, 3.05) is 11.9 Å². The molecule has 0 saturated carbocycles. The number of nitrogens with one attached hydrogen (secondary N) is 1. The van der Waals surface area contributed by atoms with Crippen LogP contribution in [0.5, 0.6) is 0 Å². The summed E-state index contributed by atoms with van der Waals surface area (Å²) in [5.41, 5.74) is 1.59. The lowest BCUT2D eigenvalue weighted by atomic mass is 10.2. The summed E-state index contributed by atoms with van der Waals surface area (Å²) in [5, 5.41) is 3.27. The summed E-state index contributed by atoms with van der Waals surface area (Å²) < 4.78 is 2.08. The van der Waals surface area contributed by atoms with Crippen LogP contribution in [-0.4, -0.2) is 21.1 Å². The zero-order valence-corrected chi connectivity index (χ0v) is 13.1. The Morgan fingerprint density at radius 3 is 2.95 bits per heavy atom. The van der Waals surface area contributed by atoms with Crippen molar-refractivity contribution in [2.24, 2.45) is 0 Å². The van der Waals surface area contributed by atoms with Gasteiger partial charge in [0.05, 0.1) is 18.6 Å². The third-order valence-electron chi connectivity index (χ3n) is 2.93. The molecule has 0 unspecified atom stereocenters. The van der Waals surface area contributed by atoms with Crippen LogP contribution in [0.3, 0.4) is 0 Å². The number of pyridine rings is 1. The molecule has 2 aromatic rings. The number of rotatable bonds is 5. The molecular formula is C14H17BrN4O. The van der Waals surface area contributed by atoms with Crippen LogP contribution in [0.25, 0.3) is 0 Å². The zero-order chi connectivity index (χ0) is 14.5. The first-order valence-corrected chi connectivity index (χ1v) is 7.32. The van der Waals surface area contributed by atoms with Gasteiger partial charge in [-0.25, -0.2) is 9.97 Å². The Hall–Kier alpha value is -1.69. The summed E-state index contributed by atoms with van der Waals surface area (Å²) >= 11 is 3.28. The highest BCUT2D eigenvalue weighted by molar-refractivity contribution is 9.10. The smallest absolute Gasteiger partial charge is 0.268 e. The fourth-order valence-electron chi connectivity index (χ4n) is 1.81. The first kappa shape index (κ1) is 14.7. The third kappa shape index (κ3) is 3.25. The largest absolute Gasteiger partial charge is 0.370 e. The minimum Gasteiger partial charge on any atom is -0.370 e. The van der Waals surface area contributed by atoms with Gasteiger partial charge in [0.15, 0.2) is 0 Å². The van der Waals surface area contributed by atoms with Gasteiger partial charge in [-0.15, -0.1) is 0 Å². The van der Waals surface area contributed by atoms with Gasteiger partial charge in [-0.1, -0.05) is 13.0 Å². The summed E-state index contributed by atoms with van der Waals surface area (Å²) in [5.74, 6) is 0.818. The molecule has 106 valence electrons. The molecule has 2 aromatic heterocycles. The molecule has 0 bridgehead atoms. The maximum Gasteiger partial charge on any atom is 0.268 e. The average molecular weight is 337 g/mol. The lowest BCUT2D eigenvalue weighted by Gasteiger charge is -2.12. The molecule has 0 amide bonds. The number of hydrogen-bond donors (Lipinski definition) is 1. The van der Waals surface area contributed by atoms with E-state index in [0.29, 0.717) is 16.7 Å². The van der Waals surface area contributed by atoms with Crippen molar-refractivity contribution in [3.05, 3.63) is 50.7 Å². The summed E-state index contributed by atoms with van der Waals surface area (Å²) in [4.78, 5) is 20.7. The van der Waals surface area contributed by atoms with Gasteiger partial charge >= 0.3 is 0 Å². The van der Waals surface area contributed by atoms with Gasteiger partial charge in [-0.2, -0.15) is 0 Å². The highest BCUT2D eigenvalue weighted by Crippen LogP contribution is 2.13. The summed E-state index contributed by atoms with van der Waals surface area (Å²) in [6.45, 7) is 5.20. The van der Waals surface area contributed by atoms with E-state index in [-0.39, 0.29) is 5.56 Å². The predicted octanol–water partition coefficient (Wildman–Crippen LogP) is 2.58. The van der Waals surface area contributed by atoms with Crippen LogP contribution in [0, 0.1) is 6.92 Å². The van der Waals surface area contributed by atoms with Crippen molar-refractivity contribution < 1.29 is 0 Å². The minimum atomic E-state index is -0.0807. The standard InChI is InChI=1S/C14H17BrN4O/c1-3-6-16-13-11(5-4-7-17-13)8-19-9-18-10(2)12(15)14(19)20/h4-5,7,9H,3,6,8H2,1-2H3,(H,16,17). The quantitative estimate of drug-likeness (QED) is 0.911. The molecule has 2 heterocycles. The van der Waals surface area contributed by atoms with Crippen LogP contribution in [0.1, 0.15) is 24.6 Å². The first-order chi connectivity index (χ1) is 9.63. The molecule has 0 spiro atoms. The molecule has 6 heteroatoms. The van der Waals surface area contributed by atoms with Crippen LogP contribution < -0.4 is 10.9 Å². The predicted molar refractivity (Wildman–Crippen MR) is 83.1 cm³/mol. The third-order valence-corrected chi connectivity index (χ3v) is 3.84. The normalized spacial score (nSPS) is 10.6. The van der Waals surface area contributed by atoms with E-state index in [0.717, 1.165) is 24.3 Å².